The lowest BCUT2D eigenvalue weighted by atomic mass is 9.80. The second-order valence-electron chi connectivity index (χ2n) is 13.6. The van der Waals surface area contributed by atoms with E-state index in [2.05, 4.69) is 4.98 Å². The van der Waals surface area contributed by atoms with Crippen molar-refractivity contribution in [1.82, 2.24) is 9.88 Å². The molecule has 268 valence electrons. The van der Waals surface area contributed by atoms with Gasteiger partial charge < -0.3 is 33.3 Å². The monoisotopic (exact) mass is 714 g/mol. The number of carbonyl (C=O) groups excluding carboxylic acids is 2. The summed E-state index contributed by atoms with van der Waals surface area (Å²) < 4.78 is 66.9. The number of aromatic nitrogens is 1. The van der Waals surface area contributed by atoms with Crippen LogP contribution in [0, 0.1) is 11.6 Å². The van der Waals surface area contributed by atoms with Crippen molar-refractivity contribution >= 4 is 23.7 Å². The van der Waals surface area contributed by atoms with E-state index in [0.29, 0.717) is 37.1 Å². The number of fused-ring (bicyclic) bond motifs is 1. The fraction of sp³-hybridized carbons (Fsp3) is 0.486. The highest BCUT2D eigenvalue weighted by Gasteiger charge is 2.54. The van der Waals surface area contributed by atoms with Crippen molar-refractivity contribution in [2.45, 2.75) is 82.8 Å². The van der Waals surface area contributed by atoms with E-state index in [1.54, 1.807) is 25.7 Å². The fourth-order valence-electron chi connectivity index (χ4n) is 6.95. The number of rotatable bonds is 9. The smallest absolute Gasteiger partial charge is 0.410 e. The zero-order chi connectivity index (χ0) is 35.6. The van der Waals surface area contributed by atoms with Gasteiger partial charge in [-0.05, 0) is 58.4 Å². The minimum Gasteiger partial charge on any atom is -0.480 e. The van der Waals surface area contributed by atoms with Gasteiger partial charge in [0, 0.05) is 48.5 Å². The lowest BCUT2D eigenvalue weighted by molar-refractivity contribution is -0.165. The van der Waals surface area contributed by atoms with E-state index < -0.39 is 51.8 Å². The summed E-state index contributed by atoms with van der Waals surface area (Å²) in [7, 11) is 1.14. The zero-order valence-electron chi connectivity index (χ0n) is 28.6. The van der Waals surface area contributed by atoms with E-state index in [1.165, 1.54) is 0 Å². The highest BCUT2D eigenvalue weighted by molar-refractivity contribution is 6.34. The molecule has 13 heteroatoms. The highest BCUT2D eigenvalue weighted by atomic mass is 35.5. The molecule has 2 unspecified atom stereocenters. The van der Waals surface area contributed by atoms with Crippen LogP contribution in [0.1, 0.15) is 74.4 Å². The Morgan fingerprint density at radius 1 is 1.08 bits per heavy atom. The Balaban J connectivity index is 1.42. The lowest BCUT2D eigenvalue weighted by Crippen LogP contribution is -2.53. The van der Waals surface area contributed by atoms with Crippen LogP contribution in [-0.4, -0.2) is 73.4 Å². The Morgan fingerprint density at radius 2 is 1.86 bits per heavy atom. The Morgan fingerprint density at radius 3 is 2.56 bits per heavy atom. The summed E-state index contributed by atoms with van der Waals surface area (Å²) in [4.78, 5) is 32.3. The first-order valence-electron chi connectivity index (χ1n) is 16.8. The molecule has 3 aliphatic heterocycles. The van der Waals surface area contributed by atoms with Gasteiger partial charge in [0.05, 0.1) is 30.3 Å². The first-order chi connectivity index (χ1) is 23.9. The molecule has 1 amide bonds. The van der Waals surface area contributed by atoms with E-state index >= 15 is 8.78 Å². The maximum absolute atomic E-state index is 16.7. The molecule has 0 radical (unpaired) electrons. The largest absolute Gasteiger partial charge is 0.480 e. The number of likely N-dealkylation sites (tertiary alicyclic amines) is 1. The molecule has 3 atom stereocenters. The van der Waals surface area contributed by atoms with Crippen molar-refractivity contribution in [2.24, 2.45) is 0 Å². The van der Waals surface area contributed by atoms with E-state index in [4.69, 9.17) is 40.0 Å². The Bertz CT molecular complexity index is 1730. The summed E-state index contributed by atoms with van der Waals surface area (Å²) >= 11 is 6.69. The highest BCUT2D eigenvalue weighted by Crippen LogP contribution is 2.53. The van der Waals surface area contributed by atoms with Gasteiger partial charge in [0.2, 0.25) is 0 Å². The number of methoxy groups -OCH3 is 1. The molecule has 0 spiro atoms. The summed E-state index contributed by atoms with van der Waals surface area (Å²) in [6.07, 6.45) is 4.21. The molecule has 6 rings (SSSR count). The number of ether oxygens (including phenoxy) is 6. The van der Waals surface area contributed by atoms with Gasteiger partial charge in [0.15, 0.2) is 17.7 Å². The predicted molar refractivity (Wildman–Crippen MR) is 179 cm³/mol. The SMILES string of the molecule is COC(=O)c1cnc(OCCOC2CCCCO2)c(F)c1-c1c(Cl)c(F)cc2c1C[C@](c1ccccc1)(C1CCCN1C(=O)OC(C)(C)C)O2. The van der Waals surface area contributed by atoms with Crippen molar-refractivity contribution in [1.29, 1.82) is 0 Å². The van der Waals surface area contributed by atoms with Gasteiger partial charge in [-0.25, -0.2) is 23.4 Å². The van der Waals surface area contributed by atoms with Gasteiger partial charge in [0.25, 0.3) is 5.88 Å². The van der Waals surface area contributed by atoms with Gasteiger partial charge in [-0.15, -0.1) is 0 Å². The minimum absolute atomic E-state index is 0.0550. The van der Waals surface area contributed by atoms with E-state index in [9.17, 15) is 9.59 Å². The third kappa shape index (κ3) is 7.11. The molecular weight excluding hydrogens is 674 g/mol. The van der Waals surface area contributed by atoms with Crippen LogP contribution in [0.15, 0.2) is 42.6 Å². The molecule has 1 aromatic heterocycles. The molecule has 0 N–H and O–H groups in total. The minimum atomic E-state index is -1.24. The number of benzene rings is 2. The predicted octanol–water partition coefficient (Wildman–Crippen LogP) is 7.62. The number of nitrogens with zero attached hydrogens (tertiary/aromatic N) is 2. The molecule has 2 aromatic carbocycles. The third-order valence-electron chi connectivity index (χ3n) is 9.11. The van der Waals surface area contributed by atoms with E-state index in [0.717, 1.165) is 38.6 Å². The number of amides is 1. The van der Waals surface area contributed by atoms with Crippen molar-refractivity contribution in [3.63, 3.8) is 0 Å². The molecule has 0 bridgehead atoms. The van der Waals surface area contributed by atoms with E-state index in [1.807, 2.05) is 30.3 Å². The van der Waals surface area contributed by atoms with E-state index in [-0.39, 0.29) is 48.4 Å². The number of pyridine rings is 1. The zero-order valence-corrected chi connectivity index (χ0v) is 29.3. The van der Waals surface area contributed by atoms with Crippen LogP contribution in [-0.2, 0) is 31.0 Å². The Kier molecular flexibility index (Phi) is 10.5. The summed E-state index contributed by atoms with van der Waals surface area (Å²) in [5.41, 5.74) is -1.65. The van der Waals surface area contributed by atoms with Crippen LogP contribution in [0.2, 0.25) is 5.02 Å². The van der Waals surface area contributed by atoms with Crippen LogP contribution in [0.4, 0.5) is 13.6 Å². The maximum Gasteiger partial charge on any atom is 0.410 e. The number of esters is 1. The van der Waals surface area contributed by atoms with Crippen molar-refractivity contribution in [3.8, 4) is 22.8 Å². The molecule has 0 saturated carbocycles. The second kappa shape index (κ2) is 14.7. The molecule has 4 heterocycles. The fourth-order valence-corrected chi connectivity index (χ4v) is 7.22. The van der Waals surface area contributed by atoms with Gasteiger partial charge >= 0.3 is 12.1 Å². The molecule has 3 aromatic rings. The molecule has 10 nitrogen and oxygen atoms in total. The summed E-state index contributed by atoms with van der Waals surface area (Å²) in [5.74, 6) is -3.18. The standard InChI is InChI=1S/C37H41ClF2N2O8/c1-36(2,3)50-35(44)42-15-10-13-27(42)37(22-11-6-5-7-12-22)20-23-26(49-37)19-25(39)31(38)29(23)30-24(34(43)45-4)21-41-33(32(30)40)48-18-17-47-28-14-8-9-16-46-28/h5-7,11-12,19,21,27-28H,8-10,13-18,20H2,1-4H3/t27?,28?,37-/m0/s1. The van der Waals surface area contributed by atoms with Crippen LogP contribution in [0.3, 0.4) is 0 Å². The van der Waals surface area contributed by atoms with Gasteiger partial charge in [-0.3, -0.25) is 0 Å². The molecule has 0 aliphatic carbocycles. The normalized spacial score (nSPS) is 21.8. The number of halogens is 3. The van der Waals surface area contributed by atoms with Gasteiger partial charge in [0.1, 0.15) is 23.8 Å². The molecule has 2 saturated heterocycles. The van der Waals surface area contributed by atoms with Crippen molar-refractivity contribution in [2.75, 3.05) is 33.5 Å². The second-order valence-corrected chi connectivity index (χ2v) is 13.9. The Hall–Kier alpha value is -4.00. The number of hydrogen-bond acceptors (Lipinski definition) is 9. The number of hydrogen-bond donors (Lipinski definition) is 0. The number of carbonyl (C=O) groups is 2. The molecule has 2 fully saturated rings. The van der Waals surface area contributed by atoms with Crippen LogP contribution in [0.5, 0.6) is 11.6 Å². The topological polar surface area (TPSA) is 106 Å². The Labute approximate surface area is 294 Å². The molecule has 3 aliphatic rings. The summed E-state index contributed by atoms with van der Waals surface area (Å²) in [6, 6.07) is 9.88. The first kappa shape index (κ1) is 35.8. The van der Waals surface area contributed by atoms with Crippen molar-refractivity contribution in [3.05, 3.63) is 75.9 Å². The quantitative estimate of drug-likeness (QED) is 0.164. The third-order valence-corrected chi connectivity index (χ3v) is 9.48. The molecular formula is C37H41ClF2N2O8. The summed E-state index contributed by atoms with van der Waals surface area (Å²) in [5, 5.41) is -0.425. The van der Waals surface area contributed by atoms with Crippen LogP contribution in [0.25, 0.3) is 11.1 Å². The van der Waals surface area contributed by atoms with Gasteiger partial charge in [-0.1, -0.05) is 41.9 Å². The average molecular weight is 715 g/mol. The lowest BCUT2D eigenvalue weighted by Gasteiger charge is -2.40. The molecule has 50 heavy (non-hydrogen) atoms. The van der Waals surface area contributed by atoms with Crippen LogP contribution < -0.4 is 9.47 Å². The average Bonchev–Trinajstić information content (AvgIpc) is 3.74. The summed E-state index contributed by atoms with van der Waals surface area (Å²) in [6.45, 7) is 6.42. The van der Waals surface area contributed by atoms with Gasteiger partial charge in [-0.2, -0.15) is 0 Å². The van der Waals surface area contributed by atoms with Crippen LogP contribution >= 0.6 is 11.6 Å². The van der Waals surface area contributed by atoms with Crippen molar-refractivity contribution < 1.29 is 46.8 Å². The first-order valence-corrected chi connectivity index (χ1v) is 17.2. The maximum atomic E-state index is 16.7.